The van der Waals surface area contributed by atoms with Crippen LogP contribution in [0.15, 0.2) is 29.6 Å². The molecule has 0 radical (unpaired) electrons. The summed E-state index contributed by atoms with van der Waals surface area (Å²) in [5.74, 6) is -1.13. The number of hydrogen-bond acceptors (Lipinski definition) is 5. The number of nitrogens with zero attached hydrogens (tertiary/aromatic N) is 4. The molecule has 0 bridgehead atoms. The van der Waals surface area contributed by atoms with Gasteiger partial charge in [-0.15, -0.1) is 0 Å². The summed E-state index contributed by atoms with van der Waals surface area (Å²) >= 11 is 0. The first-order valence-corrected chi connectivity index (χ1v) is 5.14. The quantitative estimate of drug-likeness (QED) is 0.824. The Labute approximate surface area is 102 Å². The van der Waals surface area contributed by atoms with E-state index >= 15 is 0 Å². The molecule has 0 saturated carbocycles. The van der Waals surface area contributed by atoms with Gasteiger partial charge in [-0.2, -0.15) is 5.10 Å². The van der Waals surface area contributed by atoms with E-state index in [-0.39, 0.29) is 23.4 Å². The van der Waals surface area contributed by atoms with Gasteiger partial charge in [-0.1, -0.05) is 0 Å². The molecule has 7 nitrogen and oxygen atoms in total. The second-order valence-electron chi connectivity index (χ2n) is 3.72. The fraction of sp³-hybridized carbons (Fsp3) is 0.182. The lowest BCUT2D eigenvalue weighted by molar-refractivity contribution is 0.0694. The number of aryl methyl sites for hydroxylation is 1. The number of hydrogen-bond donors (Lipinski definition) is 1. The molecular weight excluding hydrogens is 236 g/mol. The summed E-state index contributed by atoms with van der Waals surface area (Å²) in [4.78, 5) is 30.1. The second kappa shape index (κ2) is 4.74. The van der Waals surface area contributed by atoms with Crippen LogP contribution in [-0.4, -0.2) is 30.8 Å². The molecule has 0 fully saturated rings. The Morgan fingerprint density at radius 1 is 1.44 bits per heavy atom. The average molecular weight is 246 g/mol. The van der Waals surface area contributed by atoms with Crippen LogP contribution in [0.25, 0.3) is 0 Å². The largest absolute Gasteiger partial charge is 0.478 e. The van der Waals surface area contributed by atoms with Gasteiger partial charge in [-0.05, 0) is 12.5 Å². The predicted octanol–water partition coefficient (Wildman–Crippen LogP) is 0.0882. The lowest BCUT2D eigenvalue weighted by Gasteiger charge is -2.06. The van der Waals surface area contributed by atoms with Gasteiger partial charge in [0.2, 0.25) is 0 Å². The van der Waals surface area contributed by atoms with Crippen molar-refractivity contribution >= 4 is 5.97 Å². The van der Waals surface area contributed by atoms with E-state index in [0.717, 1.165) is 10.2 Å². The van der Waals surface area contributed by atoms with E-state index in [0.29, 0.717) is 0 Å². The zero-order valence-electron chi connectivity index (χ0n) is 9.57. The number of aromatic carboxylic acids is 1. The molecule has 0 unspecified atom stereocenters. The molecule has 2 heterocycles. The van der Waals surface area contributed by atoms with Crippen molar-refractivity contribution < 1.29 is 9.90 Å². The number of carboxylic acids is 1. The smallest absolute Gasteiger partial charge is 0.339 e. The number of carboxylic acid groups (broad SMARTS) is 1. The molecule has 18 heavy (non-hydrogen) atoms. The van der Waals surface area contributed by atoms with Gasteiger partial charge >= 0.3 is 5.97 Å². The Morgan fingerprint density at radius 3 is 2.89 bits per heavy atom. The van der Waals surface area contributed by atoms with Crippen LogP contribution in [-0.2, 0) is 6.54 Å². The average Bonchev–Trinajstić information content (AvgIpc) is 2.33. The molecule has 92 valence electrons. The topological polar surface area (TPSA) is 98.0 Å². The third kappa shape index (κ3) is 2.40. The first kappa shape index (κ1) is 11.9. The maximum atomic E-state index is 11.6. The van der Waals surface area contributed by atoms with Gasteiger partial charge in [0.15, 0.2) is 0 Å². The molecule has 0 amide bonds. The summed E-state index contributed by atoms with van der Waals surface area (Å²) in [6, 6.07) is 1.43. The maximum Gasteiger partial charge on any atom is 0.339 e. The zero-order chi connectivity index (χ0) is 13.1. The Kier molecular flexibility index (Phi) is 3.13. The highest BCUT2D eigenvalue weighted by molar-refractivity contribution is 5.88. The van der Waals surface area contributed by atoms with Crippen molar-refractivity contribution in [1.82, 2.24) is 19.7 Å². The van der Waals surface area contributed by atoms with E-state index in [1.807, 2.05) is 0 Å². The van der Waals surface area contributed by atoms with E-state index < -0.39 is 5.97 Å². The van der Waals surface area contributed by atoms with Crippen LogP contribution < -0.4 is 5.56 Å². The van der Waals surface area contributed by atoms with Gasteiger partial charge in [0.1, 0.15) is 11.9 Å². The molecule has 1 N–H and O–H groups in total. The minimum atomic E-state index is -1.13. The standard InChI is InChI=1S/C11H10N4O3/c1-7-2-10(16)15(14-3-7)5-9-8(11(17)18)4-12-6-13-9/h2-4,6H,5H2,1H3,(H,17,18). The Morgan fingerprint density at radius 2 is 2.22 bits per heavy atom. The molecule has 0 aromatic carbocycles. The summed E-state index contributed by atoms with van der Waals surface area (Å²) in [7, 11) is 0. The highest BCUT2D eigenvalue weighted by Crippen LogP contribution is 2.04. The molecule has 2 aromatic rings. The minimum Gasteiger partial charge on any atom is -0.478 e. The molecule has 2 aromatic heterocycles. The van der Waals surface area contributed by atoms with E-state index in [9.17, 15) is 9.59 Å². The summed E-state index contributed by atoms with van der Waals surface area (Å²) in [5.41, 5.74) is 0.657. The van der Waals surface area contributed by atoms with Crippen molar-refractivity contribution in [2.75, 3.05) is 0 Å². The monoisotopic (exact) mass is 246 g/mol. The van der Waals surface area contributed by atoms with Gasteiger partial charge < -0.3 is 5.11 Å². The lowest BCUT2D eigenvalue weighted by Crippen LogP contribution is -2.24. The third-order valence-electron chi connectivity index (χ3n) is 2.33. The van der Waals surface area contributed by atoms with Crippen molar-refractivity contribution in [3.8, 4) is 0 Å². The highest BCUT2D eigenvalue weighted by atomic mass is 16.4. The van der Waals surface area contributed by atoms with Crippen LogP contribution in [0.2, 0.25) is 0 Å². The Bertz CT molecular complexity index is 651. The highest BCUT2D eigenvalue weighted by Gasteiger charge is 2.12. The Balaban J connectivity index is 2.40. The van der Waals surface area contributed by atoms with Gasteiger partial charge in [-0.25, -0.2) is 19.4 Å². The molecule has 0 aliphatic carbocycles. The summed E-state index contributed by atoms with van der Waals surface area (Å²) in [6.45, 7) is 1.76. The fourth-order valence-corrected chi connectivity index (χ4v) is 1.44. The molecule has 0 saturated heterocycles. The minimum absolute atomic E-state index is 0.00324. The van der Waals surface area contributed by atoms with Gasteiger partial charge in [-0.3, -0.25) is 4.79 Å². The molecule has 0 spiro atoms. The normalized spacial score (nSPS) is 10.3. The maximum absolute atomic E-state index is 11.6. The second-order valence-corrected chi connectivity index (χ2v) is 3.72. The van der Waals surface area contributed by atoms with Crippen molar-refractivity contribution in [3.63, 3.8) is 0 Å². The molecule has 0 aliphatic heterocycles. The van der Waals surface area contributed by atoms with Gasteiger partial charge in [0, 0.05) is 12.3 Å². The number of carbonyl (C=O) groups is 1. The van der Waals surface area contributed by atoms with Crippen molar-refractivity contribution in [2.45, 2.75) is 13.5 Å². The first-order valence-electron chi connectivity index (χ1n) is 5.14. The van der Waals surface area contributed by atoms with Crippen LogP contribution in [0.3, 0.4) is 0 Å². The van der Waals surface area contributed by atoms with E-state index in [2.05, 4.69) is 15.1 Å². The molecular formula is C11H10N4O3. The predicted molar refractivity (Wildman–Crippen MR) is 61.3 cm³/mol. The van der Waals surface area contributed by atoms with E-state index in [1.54, 1.807) is 6.92 Å². The molecule has 0 atom stereocenters. The van der Waals surface area contributed by atoms with Crippen molar-refractivity contribution in [1.29, 1.82) is 0 Å². The van der Waals surface area contributed by atoms with Crippen molar-refractivity contribution in [3.05, 3.63) is 52.0 Å². The SMILES string of the molecule is Cc1cnn(Cc2ncncc2C(=O)O)c(=O)c1. The summed E-state index contributed by atoms with van der Waals surface area (Å²) < 4.78 is 1.15. The Hall–Kier alpha value is -2.57. The number of rotatable bonds is 3. The van der Waals surface area contributed by atoms with Crippen LogP contribution in [0, 0.1) is 6.92 Å². The fourth-order valence-electron chi connectivity index (χ4n) is 1.44. The number of aromatic nitrogens is 4. The zero-order valence-corrected chi connectivity index (χ0v) is 9.57. The summed E-state index contributed by atoms with van der Waals surface area (Å²) in [6.07, 6.45) is 3.97. The van der Waals surface area contributed by atoms with Crippen LogP contribution >= 0.6 is 0 Å². The van der Waals surface area contributed by atoms with Crippen LogP contribution in [0.1, 0.15) is 21.6 Å². The third-order valence-corrected chi connectivity index (χ3v) is 2.33. The van der Waals surface area contributed by atoms with Gasteiger partial charge in [0.05, 0.1) is 18.4 Å². The molecule has 0 aliphatic rings. The van der Waals surface area contributed by atoms with Crippen molar-refractivity contribution in [2.24, 2.45) is 0 Å². The first-order chi connectivity index (χ1) is 8.58. The lowest BCUT2D eigenvalue weighted by atomic mass is 10.2. The molecule has 7 heteroatoms. The molecule has 2 rings (SSSR count). The van der Waals surface area contributed by atoms with Crippen LogP contribution in [0.5, 0.6) is 0 Å². The van der Waals surface area contributed by atoms with E-state index in [1.165, 1.54) is 24.8 Å². The van der Waals surface area contributed by atoms with Gasteiger partial charge in [0.25, 0.3) is 5.56 Å². The summed E-state index contributed by atoms with van der Waals surface area (Å²) in [5, 5.41) is 12.9. The van der Waals surface area contributed by atoms with E-state index in [4.69, 9.17) is 5.11 Å². The van der Waals surface area contributed by atoms with Crippen LogP contribution in [0.4, 0.5) is 0 Å².